The summed E-state index contributed by atoms with van der Waals surface area (Å²) in [5, 5.41) is 9.99. The fourth-order valence-electron chi connectivity index (χ4n) is 5.71. The lowest BCUT2D eigenvalue weighted by Crippen LogP contribution is -2.39. The van der Waals surface area contributed by atoms with Gasteiger partial charge < -0.3 is 5.11 Å². The maximum atomic E-state index is 9.99. The van der Waals surface area contributed by atoms with E-state index >= 15 is 0 Å². The Morgan fingerprint density at radius 1 is 1.13 bits per heavy atom. The maximum absolute atomic E-state index is 9.99. The van der Waals surface area contributed by atoms with E-state index in [-0.39, 0.29) is 0 Å². The van der Waals surface area contributed by atoms with Crippen molar-refractivity contribution in [3.63, 3.8) is 0 Å². The predicted molar refractivity (Wildman–Crippen MR) is 103 cm³/mol. The minimum Gasteiger partial charge on any atom is -0.390 e. The zero-order valence-electron chi connectivity index (χ0n) is 17.3. The van der Waals surface area contributed by atoms with Crippen LogP contribution in [0, 0.1) is 35.0 Å². The second-order valence-corrected chi connectivity index (χ2v) is 9.35. The van der Waals surface area contributed by atoms with E-state index in [2.05, 4.69) is 27.7 Å². The Hall–Kier alpha value is -0.0400. The molecule has 0 amide bonds. The van der Waals surface area contributed by atoms with Crippen molar-refractivity contribution in [1.29, 1.82) is 0 Å². The Kier molecular flexibility index (Phi) is 7.64. The van der Waals surface area contributed by atoms with Crippen molar-refractivity contribution in [2.75, 3.05) is 0 Å². The predicted octanol–water partition coefficient (Wildman–Crippen LogP) is 6.69. The van der Waals surface area contributed by atoms with Gasteiger partial charge in [0.25, 0.3) is 0 Å². The van der Waals surface area contributed by atoms with Gasteiger partial charge in [0.15, 0.2) is 0 Å². The van der Waals surface area contributed by atoms with Crippen LogP contribution in [-0.4, -0.2) is 10.7 Å². The first-order chi connectivity index (χ1) is 10.6. The molecule has 6 atom stereocenters. The summed E-state index contributed by atoms with van der Waals surface area (Å²) in [4.78, 5) is 0. The minimum atomic E-state index is -0.505. The van der Waals surface area contributed by atoms with Crippen LogP contribution in [0.3, 0.4) is 0 Å². The van der Waals surface area contributed by atoms with Crippen LogP contribution in [0.4, 0.5) is 0 Å². The molecule has 2 fully saturated rings. The molecule has 0 aromatic heterocycles. The molecule has 0 heterocycles. The van der Waals surface area contributed by atoms with Gasteiger partial charge in [-0.05, 0) is 81.0 Å². The number of rotatable bonds is 5. The smallest absolute Gasteiger partial charge is 0.0591 e. The highest BCUT2D eigenvalue weighted by atomic mass is 16.3. The van der Waals surface area contributed by atoms with E-state index in [1.807, 2.05) is 27.7 Å². The molecule has 2 saturated carbocycles. The number of aliphatic hydroxyl groups is 1. The largest absolute Gasteiger partial charge is 0.390 e. The summed E-state index contributed by atoms with van der Waals surface area (Å²) in [5.41, 5.74) is 0.0928. The monoisotopic (exact) mass is 324 g/mol. The van der Waals surface area contributed by atoms with Gasteiger partial charge in [0.05, 0.1) is 5.60 Å². The summed E-state index contributed by atoms with van der Waals surface area (Å²) in [7, 11) is 0. The second-order valence-electron chi connectivity index (χ2n) is 9.35. The summed E-state index contributed by atoms with van der Waals surface area (Å²) >= 11 is 0. The molecule has 5 unspecified atom stereocenters. The fraction of sp³-hybridized carbons (Fsp3) is 1.00. The highest BCUT2D eigenvalue weighted by molar-refractivity contribution is 5.01. The number of hydrogen-bond acceptors (Lipinski definition) is 1. The molecule has 2 rings (SSSR count). The van der Waals surface area contributed by atoms with Gasteiger partial charge in [-0.15, -0.1) is 0 Å². The van der Waals surface area contributed by atoms with E-state index in [9.17, 15) is 5.11 Å². The van der Waals surface area contributed by atoms with E-state index in [4.69, 9.17) is 0 Å². The molecule has 1 nitrogen and oxygen atoms in total. The Labute approximate surface area is 146 Å². The molecule has 0 saturated heterocycles. The van der Waals surface area contributed by atoms with Crippen LogP contribution < -0.4 is 0 Å². The van der Waals surface area contributed by atoms with Crippen LogP contribution in [0.5, 0.6) is 0 Å². The van der Waals surface area contributed by atoms with Crippen molar-refractivity contribution < 1.29 is 5.11 Å². The first kappa shape index (κ1) is 21.0. The third kappa shape index (κ3) is 4.97. The summed E-state index contributed by atoms with van der Waals surface area (Å²) in [6, 6.07) is 0. The first-order valence-electron chi connectivity index (χ1n) is 10.4. The quantitative estimate of drug-likeness (QED) is 0.597. The highest BCUT2D eigenvalue weighted by Gasteiger charge is 2.51. The Bertz CT molecular complexity index is 342. The van der Waals surface area contributed by atoms with Gasteiger partial charge in [0.1, 0.15) is 0 Å². The van der Waals surface area contributed by atoms with E-state index < -0.39 is 5.60 Å². The van der Waals surface area contributed by atoms with Crippen LogP contribution >= 0.6 is 0 Å². The fourth-order valence-corrected chi connectivity index (χ4v) is 5.71. The zero-order valence-corrected chi connectivity index (χ0v) is 17.3. The van der Waals surface area contributed by atoms with E-state index in [1.165, 1.54) is 32.1 Å². The molecule has 2 aliphatic carbocycles. The van der Waals surface area contributed by atoms with E-state index in [1.54, 1.807) is 0 Å². The SMILES string of the molecule is CC.CC1CCCC2(C)C1CCC2[C@H](C)C(C)CCC(C)(C)O. The van der Waals surface area contributed by atoms with Gasteiger partial charge >= 0.3 is 0 Å². The molecule has 0 aromatic rings. The summed E-state index contributed by atoms with van der Waals surface area (Å²) < 4.78 is 0. The van der Waals surface area contributed by atoms with Crippen molar-refractivity contribution in [1.82, 2.24) is 0 Å². The molecule has 138 valence electrons. The summed E-state index contributed by atoms with van der Waals surface area (Å²) in [6.45, 7) is 17.9. The first-order valence-corrected chi connectivity index (χ1v) is 10.4. The maximum Gasteiger partial charge on any atom is 0.0591 e. The molecule has 0 bridgehead atoms. The second kappa shape index (κ2) is 8.37. The third-order valence-electron chi connectivity index (χ3n) is 7.29. The zero-order chi connectivity index (χ0) is 17.8. The molecule has 2 aliphatic rings. The van der Waals surface area contributed by atoms with Crippen molar-refractivity contribution in [3.8, 4) is 0 Å². The van der Waals surface area contributed by atoms with Crippen LogP contribution in [-0.2, 0) is 0 Å². The van der Waals surface area contributed by atoms with Crippen molar-refractivity contribution in [2.24, 2.45) is 35.0 Å². The number of hydrogen-bond donors (Lipinski definition) is 1. The molecular formula is C22H44O. The van der Waals surface area contributed by atoms with Crippen LogP contribution in [0.25, 0.3) is 0 Å². The van der Waals surface area contributed by atoms with Gasteiger partial charge in [-0.1, -0.05) is 54.4 Å². The molecule has 0 aromatic carbocycles. The van der Waals surface area contributed by atoms with Gasteiger partial charge in [0.2, 0.25) is 0 Å². The van der Waals surface area contributed by atoms with Crippen molar-refractivity contribution in [2.45, 2.75) is 106 Å². The normalized spacial score (nSPS) is 36.7. The Morgan fingerprint density at radius 3 is 2.30 bits per heavy atom. The topological polar surface area (TPSA) is 20.2 Å². The van der Waals surface area contributed by atoms with Gasteiger partial charge in [-0.25, -0.2) is 0 Å². The lowest BCUT2D eigenvalue weighted by molar-refractivity contribution is 0.0170. The molecule has 0 radical (unpaired) electrons. The van der Waals surface area contributed by atoms with Crippen molar-refractivity contribution in [3.05, 3.63) is 0 Å². The van der Waals surface area contributed by atoms with Crippen LogP contribution in [0.2, 0.25) is 0 Å². The Balaban J connectivity index is 0.00000127. The Morgan fingerprint density at radius 2 is 1.74 bits per heavy atom. The third-order valence-corrected chi connectivity index (χ3v) is 7.29. The number of fused-ring (bicyclic) bond motifs is 1. The van der Waals surface area contributed by atoms with Crippen LogP contribution in [0.15, 0.2) is 0 Å². The molecular weight excluding hydrogens is 280 g/mol. The minimum absolute atomic E-state index is 0.505. The highest BCUT2D eigenvalue weighted by Crippen LogP contribution is 2.60. The average molecular weight is 325 g/mol. The van der Waals surface area contributed by atoms with Gasteiger partial charge in [0, 0.05) is 0 Å². The summed E-state index contributed by atoms with van der Waals surface area (Å²) in [6.07, 6.45) is 9.35. The van der Waals surface area contributed by atoms with Crippen LogP contribution in [0.1, 0.15) is 100 Å². The van der Waals surface area contributed by atoms with Crippen molar-refractivity contribution >= 4 is 0 Å². The molecule has 23 heavy (non-hydrogen) atoms. The van der Waals surface area contributed by atoms with Gasteiger partial charge in [-0.3, -0.25) is 0 Å². The molecule has 0 spiro atoms. The summed E-state index contributed by atoms with van der Waals surface area (Å²) in [5.74, 6) is 4.34. The molecule has 1 N–H and O–H groups in total. The van der Waals surface area contributed by atoms with Gasteiger partial charge in [-0.2, -0.15) is 0 Å². The molecule has 0 aliphatic heterocycles. The van der Waals surface area contributed by atoms with E-state index in [0.29, 0.717) is 5.41 Å². The lowest BCUT2D eigenvalue weighted by Gasteiger charge is -2.47. The molecule has 1 heteroatoms. The average Bonchev–Trinajstić information content (AvgIpc) is 2.84. The lowest BCUT2D eigenvalue weighted by atomic mass is 9.58. The standard InChI is InChI=1S/C20H38O.C2H6/c1-14(11-13-19(4,5)21)16(3)18-10-9-17-15(2)8-7-12-20(17,18)6;1-2/h14-18,21H,7-13H2,1-6H3;1-2H3/t14?,15?,16-,17?,18?,20?;/m1./s1. The van der Waals surface area contributed by atoms with E-state index in [0.717, 1.165) is 42.4 Å².